The number of nitrogens with one attached hydrogen (secondary N) is 1. The fraction of sp³-hybridized carbons (Fsp3) is 0.231. The van der Waals surface area contributed by atoms with Gasteiger partial charge in [-0.3, -0.25) is 4.79 Å². The summed E-state index contributed by atoms with van der Waals surface area (Å²) in [5.41, 5.74) is 1.85. The highest BCUT2D eigenvalue weighted by Crippen LogP contribution is 2.35. The van der Waals surface area contributed by atoms with Crippen LogP contribution in [0, 0.1) is 17.1 Å². The zero-order valence-electron chi connectivity index (χ0n) is 17.5. The molecule has 3 aromatic rings. The van der Waals surface area contributed by atoms with Crippen LogP contribution in [0.25, 0.3) is 0 Å². The Bertz CT molecular complexity index is 1140. The molecule has 0 saturated carbocycles. The Morgan fingerprint density at radius 3 is 2.38 bits per heavy atom. The minimum Gasteiger partial charge on any atom is -0.381 e. The quantitative estimate of drug-likeness (QED) is 0.556. The smallest absolute Gasteiger partial charge is 0.252 e. The van der Waals surface area contributed by atoms with Crippen molar-refractivity contribution in [3.63, 3.8) is 0 Å². The first-order chi connectivity index (χ1) is 15.6. The fourth-order valence-corrected chi connectivity index (χ4v) is 5.01. The maximum absolute atomic E-state index is 13.5. The van der Waals surface area contributed by atoms with E-state index in [0.717, 1.165) is 28.2 Å². The number of rotatable bonds is 6. The monoisotopic (exact) mass is 446 g/mol. The molecule has 0 radical (unpaired) electrons. The van der Waals surface area contributed by atoms with E-state index in [2.05, 4.69) is 11.4 Å². The topological polar surface area (TPSA) is 62.1 Å². The summed E-state index contributed by atoms with van der Waals surface area (Å²) in [5.74, 6) is -0.445. The number of hydrogen-bond donors (Lipinski definition) is 1. The molecule has 1 aliphatic heterocycles. The van der Waals surface area contributed by atoms with Gasteiger partial charge in [-0.1, -0.05) is 48.2 Å². The lowest BCUT2D eigenvalue weighted by atomic mass is 9.74. The van der Waals surface area contributed by atoms with E-state index in [1.807, 2.05) is 36.4 Å². The van der Waals surface area contributed by atoms with Gasteiger partial charge in [-0.15, -0.1) is 0 Å². The highest BCUT2D eigenvalue weighted by atomic mass is 32.2. The molecule has 0 bridgehead atoms. The van der Waals surface area contributed by atoms with Gasteiger partial charge in [-0.25, -0.2) is 4.39 Å². The highest BCUT2D eigenvalue weighted by molar-refractivity contribution is 7.99. The third-order valence-corrected chi connectivity index (χ3v) is 7.00. The van der Waals surface area contributed by atoms with E-state index in [1.54, 1.807) is 24.3 Å². The lowest BCUT2D eigenvalue weighted by Gasteiger charge is -2.38. The predicted octanol–water partition coefficient (Wildman–Crippen LogP) is 5.33. The zero-order valence-corrected chi connectivity index (χ0v) is 18.3. The SMILES string of the molecule is N#Cc1ccccc1Sc1ccccc1C(=O)NCC1(c2ccc(F)cc2)CCOCC1. The lowest BCUT2D eigenvalue weighted by molar-refractivity contribution is 0.0486. The van der Waals surface area contributed by atoms with E-state index in [9.17, 15) is 14.4 Å². The second kappa shape index (κ2) is 9.99. The summed E-state index contributed by atoms with van der Waals surface area (Å²) in [6, 6.07) is 23.5. The molecular formula is C26H23FN2O2S. The predicted molar refractivity (Wildman–Crippen MR) is 122 cm³/mol. The van der Waals surface area contributed by atoms with Gasteiger partial charge in [0.15, 0.2) is 0 Å². The molecule has 32 heavy (non-hydrogen) atoms. The number of benzene rings is 3. The highest BCUT2D eigenvalue weighted by Gasteiger charge is 2.35. The molecule has 0 aromatic heterocycles. The Balaban J connectivity index is 1.55. The van der Waals surface area contributed by atoms with Gasteiger partial charge in [-0.05, 0) is 54.8 Å². The summed E-state index contributed by atoms with van der Waals surface area (Å²) in [6.07, 6.45) is 1.51. The van der Waals surface area contributed by atoms with Gasteiger partial charge in [0.2, 0.25) is 0 Å². The van der Waals surface area contributed by atoms with Gasteiger partial charge in [0.05, 0.1) is 11.1 Å². The van der Waals surface area contributed by atoms with E-state index in [1.165, 1.54) is 23.9 Å². The molecular weight excluding hydrogens is 423 g/mol. The van der Waals surface area contributed by atoms with Crippen LogP contribution in [0.3, 0.4) is 0 Å². The van der Waals surface area contributed by atoms with Gasteiger partial charge in [0.25, 0.3) is 5.91 Å². The molecule has 162 valence electrons. The van der Waals surface area contributed by atoms with Crippen molar-refractivity contribution >= 4 is 17.7 Å². The van der Waals surface area contributed by atoms with E-state index in [4.69, 9.17) is 4.74 Å². The summed E-state index contributed by atoms with van der Waals surface area (Å²) in [4.78, 5) is 14.8. The molecule has 0 spiro atoms. The molecule has 3 aromatic carbocycles. The van der Waals surface area contributed by atoms with Gasteiger partial charge < -0.3 is 10.1 Å². The molecule has 1 heterocycles. The Morgan fingerprint density at radius 2 is 1.66 bits per heavy atom. The van der Waals surface area contributed by atoms with Crippen LogP contribution in [-0.2, 0) is 10.2 Å². The first-order valence-electron chi connectivity index (χ1n) is 10.5. The van der Waals surface area contributed by atoms with Crippen molar-refractivity contribution < 1.29 is 13.9 Å². The van der Waals surface area contributed by atoms with Crippen molar-refractivity contribution in [1.82, 2.24) is 5.32 Å². The Labute approximate surface area is 191 Å². The van der Waals surface area contributed by atoms with Crippen LogP contribution in [0.5, 0.6) is 0 Å². The van der Waals surface area contributed by atoms with Crippen LogP contribution >= 0.6 is 11.8 Å². The molecule has 1 fully saturated rings. The molecule has 1 aliphatic rings. The van der Waals surface area contributed by atoms with Crippen LogP contribution < -0.4 is 5.32 Å². The first kappa shape index (κ1) is 22.1. The Kier molecular flexibility index (Phi) is 6.89. The van der Waals surface area contributed by atoms with Crippen molar-refractivity contribution in [2.45, 2.75) is 28.0 Å². The number of hydrogen-bond acceptors (Lipinski definition) is 4. The van der Waals surface area contributed by atoms with Gasteiger partial charge >= 0.3 is 0 Å². The van der Waals surface area contributed by atoms with Crippen molar-refractivity contribution in [3.8, 4) is 6.07 Å². The number of amides is 1. The second-order valence-electron chi connectivity index (χ2n) is 7.79. The number of carbonyl (C=O) groups is 1. The van der Waals surface area contributed by atoms with Crippen LogP contribution in [-0.4, -0.2) is 25.7 Å². The minimum absolute atomic E-state index is 0.171. The summed E-state index contributed by atoms with van der Waals surface area (Å²) < 4.78 is 19.0. The molecule has 1 amide bonds. The van der Waals surface area contributed by atoms with Gasteiger partial charge in [-0.2, -0.15) is 5.26 Å². The number of ether oxygens (including phenoxy) is 1. The van der Waals surface area contributed by atoms with Crippen LogP contribution in [0.1, 0.15) is 34.3 Å². The van der Waals surface area contributed by atoms with E-state index in [-0.39, 0.29) is 17.1 Å². The summed E-state index contributed by atoms with van der Waals surface area (Å²) >= 11 is 1.41. The second-order valence-corrected chi connectivity index (χ2v) is 8.87. The zero-order chi connectivity index (χ0) is 22.4. The summed E-state index contributed by atoms with van der Waals surface area (Å²) in [6.45, 7) is 1.64. The fourth-order valence-electron chi connectivity index (χ4n) is 3.99. The maximum atomic E-state index is 13.5. The van der Waals surface area contributed by atoms with Crippen molar-refractivity contribution in [2.75, 3.05) is 19.8 Å². The van der Waals surface area contributed by atoms with Crippen molar-refractivity contribution in [1.29, 1.82) is 5.26 Å². The minimum atomic E-state index is -0.295. The summed E-state index contributed by atoms with van der Waals surface area (Å²) in [5, 5.41) is 12.5. The molecule has 1 saturated heterocycles. The molecule has 4 rings (SSSR count). The normalized spacial score (nSPS) is 15.0. The lowest BCUT2D eigenvalue weighted by Crippen LogP contribution is -2.44. The maximum Gasteiger partial charge on any atom is 0.252 e. The average molecular weight is 447 g/mol. The molecule has 0 aliphatic carbocycles. The Hall–Kier alpha value is -3.14. The van der Waals surface area contributed by atoms with Crippen molar-refractivity contribution in [2.24, 2.45) is 0 Å². The van der Waals surface area contributed by atoms with Crippen LogP contribution in [0.2, 0.25) is 0 Å². The average Bonchev–Trinajstić information content (AvgIpc) is 2.84. The molecule has 0 atom stereocenters. The number of carbonyl (C=O) groups excluding carboxylic acids is 1. The number of nitrogens with zero attached hydrogens (tertiary/aromatic N) is 1. The molecule has 6 heteroatoms. The largest absolute Gasteiger partial charge is 0.381 e. The van der Waals surface area contributed by atoms with E-state index in [0.29, 0.717) is 30.9 Å². The molecule has 1 N–H and O–H groups in total. The number of halogens is 1. The third-order valence-electron chi connectivity index (χ3n) is 5.85. The number of nitriles is 1. The third kappa shape index (κ3) is 4.85. The van der Waals surface area contributed by atoms with Crippen LogP contribution in [0.4, 0.5) is 4.39 Å². The van der Waals surface area contributed by atoms with E-state index >= 15 is 0 Å². The van der Waals surface area contributed by atoms with Crippen molar-refractivity contribution in [3.05, 3.63) is 95.3 Å². The molecule has 0 unspecified atom stereocenters. The standard InChI is InChI=1S/C26H23FN2O2S/c27-21-11-9-20(10-12-21)26(13-15-31-16-14-26)18-29-25(30)22-6-2-4-8-24(22)32-23-7-3-1-5-19(23)17-28/h1-12H,13-16,18H2,(H,29,30). The van der Waals surface area contributed by atoms with Crippen LogP contribution in [0.15, 0.2) is 82.6 Å². The van der Waals surface area contributed by atoms with E-state index < -0.39 is 0 Å². The van der Waals surface area contributed by atoms with Gasteiger partial charge in [0.1, 0.15) is 11.9 Å². The first-order valence-corrected chi connectivity index (χ1v) is 11.3. The molecule has 4 nitrogen and oxygen atoms in total. The Morgan fingerprint density at radius 1 is 1.00 bits per heavy atom. The van der Waals surface area contributed by atoms with Gasteiger partial charge in [0, 0.05) is 35.0 Å². The summed E-state index contributed by atoms with van der Waals surface area (Å²) in [7, 11) is 0.